The Hall–Kier alpha value is -1.31. The van der Waals surface area contributed by atoms with Crippen molar-refractivity contribution in [3.63, 3.8) is 0 Å². The number of aliphatic hydroxyl groups is 2. The molecule has 120 valence electrons. The van der Waals surface area contributed by atoms with Crippen molar-refractivity contribution in [1.29, 1.82) is 0 Å². The summed E-state index contributed by atoms with van der Waals surface area (Å²) in [6.07, 6.45) is -0.194. The molecule has 0 aromatic carbocycles. The van der Waals surface area contributed by atoms with Gasteiger partial charge in [-0.3, -0.25) is 4.79 Å². The number of carbonyl (C=O) groups is 1. The number of likely N-dealkylation sites (tertiary alicyclic amines) is 1. The predicted octanol–water partition coefficient (Wildman–Crippen LogP) is 0.723. The van der Waals surface area contributed by atoms with Crippen molar-refractivity contribution < 1.29 is 24.5 Å². The Morgan fingerprint density at radius 1 is 1.14 bits per heavy atom. The zero-order valence-electron chi connectivity index (χ0n) is 12.1. The summed E-state index contributed by atoms with van der Waals surface area (Å²) in [4.78, 5) is 15.2. The van der Waals surface area contributed by atoms with Crippen molar-refractivity contribution >= 4 is 17.2 Å². The van der Waals surface area contributed by atoms with Crippen molar-refractivity contribution in [1.82, 2.24) is 4.90 Å². The fraction of sp³-hybridized carbons (Fsp3) is 0.667. The van der Waals surface area contributed by atoms with E-state index in [4.69, 9.17) is 9.47 Å². The molecule has 1 aromatic heterocycles. The van der Waals surface area contributed by atoms with Gasteiger partial charge in [-0.2, -0.15) is 0 Å². The normalized spacial score (nSPS) is 33.6. The maximum Gasteiger partial charge on any atom is 0.267 e. The molecule has 4 atom stereocenters. The third kappa shape index (κ3) is 2.28. The highest BCUT2D eigenvalue weighted by molar-refractivity contribution is 7.12. The molecule has 1 amide bonds. The quantitative estimate of drug-likeness (QED) is 0.795. The second-order valence-electron chi connectivity index (χ2n) is 6.29. The molecule has 1 aliphatic carbocycles. The van der Waals surface area contributed by atoms with Gasteiger partial charge in [-0.15, -0.1) is 11.3 Å². The van der Waals surface area contributed by atoms with E-state index in [-0.39, 0.29) is 17.7 Å². The maximum atomic E-state index is 12.8. The van der Waals surface area contributed by atoms with Crippen molar-refractivity contribution in [3.05, 3.63) is 10.3 Å². The molecule has 3 aliphatic rings. The van der Waals surface area contributed by atoms with Crippen LogP contribution in [0.2, 0.25) is 0 Å². The highest BCUT2D eigenvalue weighted by Gasteiger charge is 2.43. The molecule has 4 rings (SSSR count). The van der Waals surface area contributed by atoms with Crippen LogP contribution in [0, 0.1) is 11.8 Å². The fourth-order valence-electron chi connectivity index (χ4n) is 3.73. The number of aliphatic hydroxyl groups excluding tert-OH is 2. The third-order valence-electron chi connectivity index (χ3n) is 4.89. The predicted molar refractivity (Wildman–Crippen MR) is 79.4 cm³/mol. The van der Waals surface area contributed by atoms with Gasteiger partial charge in [0.15, 0.2) is 11.5 Å². The minimum atomic E-state index is -0.664. The van der Waals surface area contributed by atoms with Crippen LogP contribution in [-0.4, -0.2) is 59.5 Å². The molecule has 7 heteroatoms. The van der Waals surface area contributed by atoms with Crippen LogP contribution in [0.5, 0.6) is 11.5 Å². The molecular formula is C15H19NO5S. The van der Waals surface area contributed by atoms with Crippen LogP contribution >= 0.6 is 11.3 Å². The maximum absolute atomic E-state index is 12.8. The molecule has 0 spiro atoms. The number of carbonyl (C=O) groups excluding carboxylic acids is 1. The van der Waals surface area contributed by atoms with Gasteiger partial charge in [-0.1, -0.05) is 0 Å². The molecular weight excluding hydrogens is 306 g/mol. The van der Waals surface area contributed by atoms with E-state index in [1.807, 2.05) is 10.3 Å². The molecule has 1 aromatic rings. The summed E-state index contributed by atoms with van der Waals surface area (Å²) in [5, 5.41) is 21.4. The molecule has 2 fully saturated rings. The average molecular weight is 325 g/mol. The van der Waals surface area contributed by atoms with Crippen LogP contribution in [0.3, 0.4) is 0 Å². The van der Waals surface area contributed by atoms with E-state index >= 15 is 0 Å². The number of fused-ring (bicyclic) bond motifs is 2. The van der Waals surface area contributed by atoms with Crippen LogP contribution in [0.4, 0.5) is 0 Å². The number of ether oxygens (including phenoxy) is 2. The highest BCUT2D eigenvalue weighted by Crippen LogP contribution is 2.42. The van der Waals surface area contributed by atoms with Gasteiger partial charge in [-0.25, -0.2) is 0 Å². The lowest BCUT2D eigenvalue weighted by Gasteiger charge is -2.31. The Bertz CT molecular complexity index is 570. The Labute approximate surface area is 132 Å². The summed E-state index contributed by atoms with van der Waals surface area (Å²) < 4.78 is 11.1. The molecule has 1 saturated carbocycles. The van der Waals surface area contributed by atoms with Gasteiger partial charge in [0.1, 0.15) is 18.1 Å². The van der Waals surface area contributed by atoms with E-state index in [2.05, 4.69) is 0 Å². The zero-order valence-corrected chi connectivity index (χ0v) is 12.9. The Morgan fingerprint density at radius 2 is 1.77 bits per heavy atom. The van der Waals surface area contributed by atoms with E-state index in [1.165, 1.54) is 11.3 Å². The number of amides is 1. The highest BCUT2D eigenvalue weighted by atomic mass is 32.1. The Morgan fingerprint density at radius 3 is 2.45 bits per heavy atom. The number of rotatable bonds is 1. The Balaban J connectivity index is 1.51. The smallest absolute Gasteiger partial charge is 0.267 e. The third-order valence-corrected chi connectivity index (χ3v) is 5.82. The van der Waals surface area contributed by atoms with E-state index in [9.17, 15) is 15.0 Å². The summed E-state index contributed by atoms with van der Waals surface area (Å²) in [5.74, 6) is 1.74. The summed E-state index contributed by atoms with van der Waals surface area (Å²) >= 11 is 1.35. The van der Waals surface area contributed by atoms with Crippen molar-refractivity contribution in [2.75, 3.05) is 26.3 Å². The van der Waals surface area contributed by atoms with Gasteiger partial charge in [0.05, 0.1) is 12.2 Å². The van der Waals surface area contributed by atoms with Crippen LogP contribution in [0.1, 0.15) is 22.5 Å². The number of hydrogen-bond donors (Lipinski definition) is 2. The molecule has 6 nitrogen and oxygen atoms in total. The standard InChI is InChI=1S/C15H19NO5S/c17-10-3-8-5-16(6-9(8)4-11(10)18)15(19)14-13-12(7-22-14)20-1-2-21-13/h7-11,17-18H,1-6H2/t8-,9+,10-,11-/m1/s1. The first kappa shape index (κ1) is 14.3. The minimum Gasteiger partial charge on any atom is -0.485 e. The van der Waals surface area contributed by atoms with Gasteiger partial charge in [-0.05, 0) is 24.7 Å². The van der Waals surface area contributed by atoms with Crippen LogP contribution in [-0.2, 0) is 0 Å². The van der Waals surface area contributed by atoms with Crippen LogP contribution < -0.4 is 9.47 Å². The monoisotopic (exact) mass is 325 g/mol. The number of hydrogen-bond acceptors (Lipinski definition) is 6. The van der Waals surface area contributed by atoms with Crippen LogP contribution in [0.25, 0.3) is 0 Å². The first-order chi connectivity index (χ1) is 10.6. The first-order valence-electron chi connectivity index (χ1n) is 7.66. The molecule has 2 aliphatic heterocycles. The average Bonchev–Trinajstić information content (AvgIpc) is 3.11. The molecule has 2 N–H and O–H groups in total. The lowest BCUT2D eigenvalue weighted by molar-refractivity contribution is -0.0372. The molecule has 1 saturated heterocycles. The van der Waals surface area contributed by atoms with Gasteiger partial charge >= 0.3 is 0 Å². The molecule has 0 bridgehead atoms. The van der Waals surface area contributed by atoms with Gasteiger partial charge < -0.3 is 24.6 Å². The summed E-state index contributed by atoms with van der Waals surface area (Å²) in [7, 11) is 0. The SMILES string of the molecule is O=C(c1scc2c1OCCO2)N1C[C@H]2C[C@@H](O)[C@H](O)C[C@H]2C1. The zero-order chi connectivity index (χ0) is 15.3. The summed E-state index contributed by atoms with van der Waals surface area (Å²) in [6, 6.07) is 0. The van der Waals surface area contributed by atoms with E-state index in [0.29, 0.717) is 55.5 Å². The van der Waals surface area contributed by atoms with Crippen molar-refractivity contribution in [2.24, 2.45) is 11.8 Å². The summed E-state index contributed by atoms with van der Waals surface area (Å²) in [5.41, 5.74) is 0. The minimum absolute atomic E-state index is 0.0323. The van der Waals surface area contributed by atoms with Gasteiger partial charge in [0, 0.05) is 18.5 Å². The molecule has 3 heterocycles. The molecule has 22 heavy (non-hydrogen) atoms. The lowest BCUT2D eigenvalue weighted by Crippen LogP contribution is -2.38. The largest absolute Gasteiger partial charge is 0.485 e. The van der Waals surface area contributed by atoms with E-state index < -0.39 is 12.2 Å². The van der Waals surface area contributed by atoms with Crippen LogP contribution in [0.15, 0.2) is 5.38 Å². The molecule has 0 unspecified atom stereocenters. The second kappa shape index (κ2) is 5.40. The van der Waals surface area contributed by atoms with Gasteiger partial charge in [0.25, 0.3) is 5.91 Å². The molecule has 0 radical (unpaired) electrons. The number of thiophene rings is 1. The van der Waals surface area contributed by atoms with Crippen molar-refractivity contribution in [3.8, 4) is 11.5 Å². The number of nitrogens with zero attached hydrogens (tertiary/aromatic N) is 1. The topological polar surface area (TPSA) is 79.2 Å². The summed E-state index contributed by atoms with van der Waals surface area (Å²) in [6.45, 7) is 2.26. The van der Waals surface area contributed by atoms with Gasteiger partial charge in [0.2, 0.25) is 0 Å². The van der Waals surface area contributed by atoms with E-state index in [0.717, 1.165) is 0 Å². The van der Waals surface area contributed by atoms with Crippen molar-refractivity contribution in [2.45, 2.75) is 25.0 Å². The fourth-order valence-corrected chi connectivity index (χ4v) is 4.62. The first-order valence-corrected chi connectivity index (χ1v) is 8.54. The van der Waals surface area contributed by atoms with E-state index in [1.54, 1.807) is 0 Å². The lowest BCUT2D eigenvalue weighted by atomic mass is 9.79. The second-order valence-corrected chi connectivity index (χ2v) is 7.17. The Kier molecular flexibility index (Phi) is 3.51.